The molecule has 4 rings (SSSR count). The Morgan fingerprint density at radius 3 is 2.06 bits per heavy atom. The number of halogens is 2. The summed E-state index contributed by atoms with van der Waals surface area (Å²) in [5, 5.41) is 15.5. The molecule has 1 heterocycles. The third-order valence-corrected chi connectivity index (χ3v) is 6.84. The molecule has 0 saturated heterocycles. The number of carboxylic acid groups (broad SMARTS) is 1. The molecule has 0 saturated carbocycles. The van der Waals surface area contributed by atoms with E-state index in [-0.39, 0.29) is 16.2 Å². The predicted molar refractivity (Wildman–Crippen MR) is 129 cm³/mol. The van der Waals surface area contributed by atoms with Crippen molar-refractivity contribution in [3.05, 3.63) is 66.2 Å². The molecule has 2 amide bonds. The van der Waals surface area contributed by atoms with Crippen molar-refractivity contribution in [1.82, 2.24) is 4.72 Å². The van der Waals surface area contributed by atoms with Gasteiger partial charge in [0.25, 0.3) is 0 Å². The molecule has 1 atom stereocenters. The number of amides is 2. The minimum absolute atomic E-state index is 0.0566. The Kier molecular flexibility index (Phi) is 6.65. The van der Waals surface area contributed by atoms with Gasteiger partial charge < -0.3 is 20.2 Å². The van der Waals surface area contributed by atoms with Gasteiger partial charge in [0.15, 0.2) is 11.6 Å². The van der Waals surface area contributed by atoms with Gasteiger partial charge in [0.05, 0.1) is 4.90 Å². The lowest BCUT2D eigenvalue weighted by atomic mass is 10.1. The first-order valence-corrected chi connectivity index (χ1v) is 12.2. The van der Waals surface area contributed by atoms with Crippen molar-refractivity contribution in [2.45, 2.75) is 24.8 Å². The van der Waals surface area contributed by atoms with Crippen LogP contribution in [-0.2, 0) is 14.8 Å². The second-order valence-electron chi connectivity index (χ2n) is 8.36. The summed E-state index contributed by atoms with van der Waals surface area (Å²) >= 11 is 0. The molecule has 0 aliphatic rings. The van der Waals surface area contributed by atoms with Gasteiger partial charge in [-0.15, -0.1) is 0 Å². The van der Waals surface area contributed by atoms with E-state index in [1.54, 1.807) is 32.0 Å². The fourth-order valence-electron chi connectivity index (χ4n) is 3.58. The highest BCUT2D eigenvalue weighted by Gasteiger charge is 2.28. The topological polar surface area (TPSA) is 138 Å². The molecular formula is C24H21F2N3O6S. The molecule has 0 aliphatic heterocycles. The second kappa shape index (κ2) is 9.55. The Morgan fingerprint density at radius 2 is 1.44 bits per heavy atom. The van der Waals surface area contributed by atoms with Gasteiger partial charge in [-0.05, 0) is 42.3 Å². The van der Waals surface area contributed by atoms with Crippen LogP contribution < -0.4 is 15.4 Å². The van der Waals surface area contributed by atoms with E-state index >= 15 is 0 Å². The molecule has 0 aliphatic carbocycles. The number of rotatable bonds is 7. The number of hydrogen-bond donors (Lipinski definition) is 4. The standard InChI is InChI=1S/C24H21F2N3O6S/c1-12(2)22(23(30)31)29-36(33,34)15-5-7-17-16-6-3-14(10-20(16)35-21(17)11-15)28-24(32)27-13-4-8-18(25)19(26)9-13/h3-12,22,29H,1-2H3,(H,30,31)(H2,27,28,32). The van der Waals surface area contributed by atoms with E-state index in [0.717, 1.165) is 12.1 Å². The molecule has 4 aromatic rings. The Balaban J connectivity index is 1.57. The highest BCUT2D eigenvalue weighted by molar-refractivity contribution is 7.89. The van der Waals surface area contributed by atoms with E-state index in [2.05, 4.69) is 15.4 Å². The Bertz CT molecular complexity index is 1600. The van der Waals surface area contributed by atoms with Crippen molar-refractivity contribution in [3.63, 3.8) is 0 Å². The predicted octanol–water partition coefficient (Wildman–Crippen LogP) is 4.90. The third-order valence-electron chi connectivity index (χ3n) is 5.41. The van der Waals surface area contributed by atoms with Crippen molar-refractivity contribution in [1.29, 1.82) is 0 Å². The molecule has 0 bridgehead atoms. The number of benzene rings is 3. The first-order chi connectivity index (χ1) is 16.9. The second-order valence-corrected chi connectivity index (χ2v) is 10.1. The molecule has 0 spiro atoms. The van der Waals surface area contributed by atoms with Gasteiger partial charge in [-0.1, -0.05) is 13.8 Å². The fourth-order valence-corrected chi connectivity index (χ4v) is 4.93. The number of fused-ring (bicyclic) bond motifs is 3. The molecule has 12 heteroatoms. The summed E-state index contributed by atoms with van der Waals surface area (Å²) in [6.07, 6.45) is 0. The van der Waals surface area contributed by atoms with Gasteiger partial charge in [0.2, 0.25) is 10.0 Å². The first-order valence-electron chi connectivity index (χ1n) is 10.7. The Morgan fingerprint density at radius 1 is 0.861 bits per heavy atom. The van der Waals surface area contributed by atoms with Crippen LogP contribution in [0.15, 0.2) is 63.9 Å². The molecule has 0 radical (unpaired) electrons. The Hall–Kier alpha value is -4.03. The van der Waals surface area contributed by atoms with Gasteiger partial charge in [-0.3, -0.25) is 4.79 Å². The van der Waals surface area contributed by atoms with Crippen molar-refractivity contribution >= 4 is 55.3 Å². The minimum Gasteiger partial charge on any atom is -0.480 e. The number of hydrogen-bond acceptors (Lipinski definition) is 5. The zero-order valence-corrected chi connectivity index (χ0v) is 19.8. The zero-order valence-electron chi connectivity index (χ0n) is 19.0. The lowest BCUT2D eigenvalue weighted by molar-refractivity contribution is -0.140. The number of sulfonamides is 1. The van der Waals surface area contributed by atoms with Crippen LogP contribution >= 0.6 is 0 Å². The number of nitrogens with one attached hydrogen (secondary N) is 3. The normalized spacial score (nSPS) is 12.7. The smallest absolute Gasteiger partial charge is 0.323 e. The number of urea groups is 1. The summed E-state index contributed by atoms with van der Waals surface area (Å²) in [5.41, 5.74) is 0.981. The van der Waals surface area contributed by atoms with Crippen molar-refractivity contribution < 1.29 is 36.3 Å². The average molecular weight is 518 g/mol. The van der Waals surface area contributed by atoms with Gasteiger partial charge in [-0.25, -0.2) is 22.0 Å². The molecule has 188 valence electrons. The van der Waals surface area contributed by atoms with Crippen LogP contribution in [-0.4, -0.2) is 31.6 Å². The van der Waals surface area contributed by atoms with E-state index in [1.165, 1.54) is 24.3 Å². The minimum atomic E-state index is -4.14. The lowest BCUT2D eigenvalue weighted by Crippen LogP contribution is -2.44. The van der Waals surface area contributed by atoms with E-state index in [9.17, 15) is 31.9 Å². The quantitative estimate of drug-likeness (QED) is 0.275. The van der Waals surface area contributed by atoms with Gasteiger partial charge in [0, 0.05) is 40.3 Å². The molecule has 1 aromatic heterocycles. The molecule has 9 nitrogen and oxygen atoms in total. The summed E-state index contributed by atoms with van der Waals surface area (Å²) in [6, 6.07) is 9.91. The van der Waals surface area contributed by atoms with Crippen LogP contribution in [0.25, 0.3) is 21.9 Å². The number of furan rings is 1. The van der Waals surface area contributed by atoms with Crippen molar-refractivity contribution in [2.24, 2.45) is 5.92 Å². The maximum atomic E-state index is 13.3. The molecule has 3 aromatic carbocycles. The average Bonchev–Trinajstić information content (AvgIpc) is 3.16. The molecule has 4 N–H and O–H groups in total. The fraction of sp³-hybridized carbons (Fsp3) is 0.167. The zero-order chi connectivity index (χ0) is 26.2. The van der Waals surface area contributed by atoms with E-state index in [1.807, 2.05) is 0 Å². The van der Waals surface area contributed by atoms with Gasteiger partial charge >= 0.3 is 12.0 Å². The largest absolute Gasteiger partial charge is 0.480 e. The van der Waals surface area contributed by atoms with Crippen LogP contribution in [0, 0.1) is 17.6 Å². The molecule has 0 fully saturated rings. The maximum Gasteiger partial charge on any atom is 0.323 e. The highest BCUT2D eigenvalue weighted by atomic mass is 32.2. The number of aliphatic carboxylic acids is 1. The van der Waals surface area contributed by atoms with Gasteiger partial charge in [0.1, 0.15) is 17.2 Å². The monoisotopic (exact) mass is 517 g/mol. The van der Waals surface area contributed by atoms with Crippen LogP contribution in [0.5, 0.6) is 0 Å². The van der Waals surface area contributed by atoms with Gasteiger partial charge in [-0.2, -0.15) is 4.72 Å². The third kappa shape index (κ3) is 5.14. The number of carboxylic acids is 1. The van der Waals surface area contributed by atoms with Crippen LogP contribution in [0.1, 0.15) is 13.8 Å². The van der Waals surface area contributed by atoms with Crippen molar-refractivity contribution in [3.8, 4) is 0 Å². The summed E-state index contributed by atoms with van der Waals surface area (Å²) in [6.45, 7) is 3.18. The SMILES string of the molecule is CC(C)C(NS(=O)(=O)c1ccc2c(c1)oc1cc(NC(=O)Nc3ccc(F)c(F)c3)ccc12)C(=O)O. The summed E-state index contributed by atoms with van der Waals surface area (Å²) in [5.74, 6) is -3.90. The van der Waals surface area contributed by atoms with E-state index in [0.29, 0.717) is 22.0 Å². The summed E-state index contributed by atoms with van der Waals surface area (Å²) < 4.78 is 59.9. The Labute approximate surface area is 204 Å². The molecular weight excluding hydrogens is 496 g/mol. The highest BCUT2D eigenvalue weighted by Crippen LogP contribution is 2.32. The number of anilines is 2. The summed E-state index contributed by atoms with van der Waals surface area (Å²) in [4.78, 5) is 23.5. The lowest BCUT2D eigenvalue weighted by Gasteiger charge is -2.17. The maximum absolute atomic E-state index is 13.3. The van der Waals surface area contributed by atoms with Crippen LogP contribution in [0.2, 0.25) is 0 Å². The van der Waals surface area contributed by atoms with Crippen LogP contribution in [0.4, 0.5) is 25.0 Å². The number of carbonyl (C=O) groups is 2. The van der Waals surface area contributed by atoms with E-state index < -0.39 is 45.6 Å². The molecule has 36 heavy (non-hydrogen) atoms. The van der Waals surface area contributed by atoms with E-state index in [4.69, 9.17) is 4.42 Å². The molecule has 1 unspecified atom stereocenters. The van der Waals surface area contributed by atoms with Crippen LogP contribution in [0.3, 0.4) is 0 Å². The summed E-state index contributed by atoms with van der Waals surface area (Å²) in [7, 11) is -4.14. The number of carbonyl (C=O) groups excluding carboxylic acids is 1. The van der Waals surface area contributed by atoms with Crippen molar-refractivity contribution in [2.75, 3.05) is 10.6 Å². The first kappa shape index (κ1) is 25.1.